The number of hydrogen-bond donors (Lipinski definition) is 8. The number of phosphoric acid groups is 3. The van der Waals surface area contributed by atoms with Gasteiger partial charge in [-0.2, -0.15) is 8.62 Å². The molecule has 2 unspecified atom stereocenters. The molecule has 188 valence electrons. The number of ether oxygens (including phenoxy) is 1. The predicted molar refractivity (Wildman–Crippen MR) is 98.4 cm³/mol. The molecule has 0 spiro atoms. The Kier molecular flexibility index (Phi) is 8.36. The lowest BCUT2D eigenvalue weighted by molar-refractivity contribution is -0.136. The second-order valence-electron chi connectivity index (χ2n) is 6.32. The Morgan fingerprint density at radius 3 is 2.21 bits per heavy atom. The van der Waals surface area contributed by atoms with Gasteiger partial charge >= 0.3 is 35.1 Å². The Hall–Kier alpha value is -1.56. The molecule has 0 saturated carbocycles. The summed E-state index contributed by atoms with van der Waals surface area (Å²) in [5.74, 6) is -1.42. The van der Waals surface area contributed by atoms with Gasteiger partial charge in [0.1, 0.15) is 18.3 Å². The lowest BCUT2D eigenvalue weighted by atomic mass is 10.1. The summed E-state index contributed by atoms with van der Waals surface area (Å²) in [5, 5.41) is 29.0. The van der Waals surface area contributed by atoms with E-state index in [0.717, 1.165) is 6.20 Å². The van der Waals surface area contributed by atoms with E-state index in [1.165, 1.54) is 0 Å². The van der Waals surface area contributed by atoms with Gasteiger partial charge < -0.3 is 39.6 Å². The molecule has 6 atom stereocenters. The first-order valence-corrected chi connectivity index (χ1v) is 12.8. The topological polar surface area (TPSA) is 302 Å². The molecular weight excluding hydrogens is 525 g/mol. The van der Waals surface area contributed by atoms with Crippen molar-refractivity contribution in [3.63, 3.8) is 0 Å². The largest absolute Gasteiger partial charge is 0.490 e. The summed E-state index contributed by atoms with van der Waals surface area (Å²) in [6.45, 7) is -1.14. The number of rotatable bonds is 10. The normalized spacial score (nSPS) is 27.1. The van der Waals surface area contributed by atoms with Gasteiger partial charge in [-0.05, 0) is 0 Å². The zero-order valence-corrected chi connectivity index (χ0v) is 18.5. The summed E-state index contributed by atoms with van der Waals surface area (Å²) in [4.78, 5) is 71.8. The summed E-state index contributed by atoms with van der Waals surface area (Å²) in [7, 11) is -17.0. The molecule has 1 aliphatic rings. The molecule has 19 nitrogen and oxygen atoms in total. The van der Waals surface area contributed by atoms with Crippen molar-refractivity contribution < 1.29 is 71.3 Å². The van der Waals surface area contributed by atoms with Gasteiger partial charge in [-0.25, -0.2) is 18.5 Å². The molecule has 1 aromatic heterocycles. The Morgan fingerprint density at radius 2 is 1.67 bits per heavy atom. The van der Waals surface area contributed by atoms with Crippen molar-refractivity contribution in [2.24, 2.45) is 0 Å². The smallest absolute Gasteiger partial charge is 0.481 e. The van der Waals surface area contributed by atoms with E-state index >= 15 is 0 Å². The van der Waals surface area contributed by atoms with Gasteiger partial charge in [0.05, 0.1) is 13.0 Å². The maximum absolute atomic E-state index is 12.0. The van der Waals surface area contributed by atoms with Crippen molar-refractivity contribution in [2.45, 2.75) is 31.0 Å². The molecular formula is C11H17N2O17P3. The van der Waals surface area contributed by atoms with Crippen LogP contribution in [0.15, 0.2) is 15.8 Å². The van der Waals surface area contributed by atoms with Gasteiger partial charge in [0.15, 0.2) is 6.23 Å². The van der Waals surface area contributed by atoms with Crippen LogP contribution in [0, 0.1) is 0 Å². The molecule has 8 N–H and O–H groups in total. The van der Waals surface area contributed by atoms with Crippen LogP contribution < -0.4 is 11.2 Å². The van der Waals surface area contributed by atoms with Gasteiger partial charge in [0.25, 0.3) is 5.56 Å². The van der Waals surface area contributed by atoms with Crippen LogP contribution in [0.4, 0.5) is 0 Å². The number of aromatic amines is 1. The third-order valence-electron chi connectivity index (χ3n) is 3.81. The molecule has 33 heavy (non-hydrogen) atoms. The SMILES string of the molecule is O=C(O)Cc1cn([C@@H]2O[C@H](COP(=O)(O)OP(=O)(O)OP(=O)(O)O)[C@@H](O)[C@H]2O)c(=O)[nH]c1=O. The molecule has 0 amide bonds. The van der Waals surface area contributed by atoms with Crippen LogP contribution >= 0.6 is 23.5 Å². The van der Waals surface area contributed by atoms with E-state index < -0.39 is 83.8 Å². The van der Waals surface area contributed by atoms with Gasteiger partial charge in [0, 0.05) is 11.8 Å². The third-order valence-corrected chi connectivity index (χ3v) is 7.62. The van der Waals surface area contributed by atoms with Crippen molar-refractivity contribution in [3.8, 4) is 0 Å². The summed E-state index contributed by atoms with van der Waals surface area (Å²) < 4.78 is 50.6. The Morgan fingerprint density at radius 1 is 1.06 bits per heavy atom. The van der Waals surface area contributed by atoms with Crippen molar-refractivity contribution in [3.05, 3.63) is 32.6 Å². The number of nitrogens with one attached hydrogen (secondary N) is 1. The average molecular weight is 542 g/mol. The van der Waals surface area contributed by atoms with E-state index in [0.29, 0.717) is 4.57 Å². The number of nitrogens with zero attached hydrogens (tertiary/aromatic N) is 1. The van der Waals surface area contributed by atoms with Crippen LogP contribution in [-0.4, -0.2) is 75.3 Å². The van der Waals surface area contributed by atoms with Crippen LogP contribution in [0.1, 0.15) is 11.8 Å². The molecule has 1 aliphatic heterocycles. The zero-order chi connectivity index (χ0) is 25.4. The van der Waals surface area contributed by atoms with Crippen molar-refractivity contribution in [2.75, 3.05) is 6.61 Å². The van der Waals surface area contributed by atoms with E-state index in [1.54, 1.807) is 4.98 Å². The van der Waals surface area contributed by atoms with Crippen molar-refractivity contribution >= 4 is 29.4 Å². The predicted octanol–water partition coefficient (Wildman–Crippen LogP) is -2.87. The van der Waals surface area contributed by atoms with Crippen LogP contribution in [0.25, 0.3) is 0 Å². The van der Waals surface area contributed by atoms with Crippen LogP contribution in [-0.2, 0) is 42.8 Å². The molecule has 2 rings (SSSR count). The molecule has 1 aromatic rings. The minimum Gasteiger partial charge on any atom is -0.481 e. The maximum Gasteiger partial charge on any atom is 0.490 e. The molecule has 2 heterocycles. The lowest BCUT2D eigenvalue weighted by Gasteiger charge is -2.19. The van der Waals surface area contributed by atoms with E-state index in [2.05, 4.69) is 13.1 Å². The van der Waals surface area contributed by atoms with Crippen molar-refractivity contribution in [1.82, 2.24) is 9.55 Å². The number of aliphatic carboxylic acids is 1. The second-order valence-corrected chi connectivity index (χ2v) is 10.7. The molecule has 0 aliphatic carbocycles. The molecule has 1 fully saturated rings. The van der Waals surface area contributed by atoms with Gasteiger partial charge in [-0.15, -0.1) is 0 Å². The number of aliphatic hydroxyl groups excluding tert-OH is 2. The quantitative estimate of drug-likeness (QED) is 0.138. The number of carboxylic acids is 1. The zero-order valence-electron chi connectivity index (χ0n) is 15.8. The maximum atomic E-state index is 12.0. The van der Waals surface area contributed by atoms with Gasteiger partial charge in [-0.3, -0.25) is 23.7 Å². The number of aromatic nitrogens is 2. The monoisotopic (exact) mass is 542 g/mol. The van der Waals surface area contributed by atoms with Crippen LogP contribution in [0.2, 0.25) is 0 Å². The van der Waals surface area contributed by atoms with E-state index in [-0.39, 0.29) is 0 Å². The summed E-state index contributed by atoms with van der Waals surface area (Å²) >= 11 is 0. The van der Waals surface area contributed by atoms with Gasteiger partial charge in [0.2, 0.25) is 0 Å². The highest BCUT2D eigenvalue weighted by Gasteiger charge is 2.46. The fraction of sp³-hybridized carbons (Fsp3) is 0.545. The lowest BCUT2D eigenvalue weighted by Crippen LogP contribution is -2.39. The first kappa shape index (κ1) is 27.7. The number of carboxylic acid groups (broad SMARTS) is 1. The van der Waals surface area contributed by atoms with E-state index in [1.807, 2.05) is 0 Å². The Labute approximate surface area is 181 Å². The minimum atomic E-state index is -5.79. The number of H-pyrrole nitrogens is 1. The summed E-state index contributed by atoms with van der Waals surface area (Å²) in [5.41, 5.74) is -2.61. The van der Waals surface area contributed by atoms with Crippen LogP contribution in [0.3, 0.4) is 0 Å². The fourth-order valence-electron chi connectivity index (χ4n) is 2.57. The molecule has 0 radical (unpaired) electrons. The number of phosphoric ester groups is 1. The Balaban J connectivity index is 2.15. The molecule has 22 heteroatoms. The Bertz CT molecular complexity index is 1150. The van der Waals surface area contributed by atoms with Gasteiger partial charge in [-0.1, -0.05) is 0 Å². The minimum absolute atomic E-state index is 0.413. The summed E-state index contributed by atoms with van der Waals surface area (Å²) in [6.07, 6.45) is -7.33. The first-order valence-electron chi connectivity index (χ1n) is 8.27. The molecule has 0 aromatic carbocycles. The van der Waals surface area contributed by atoms with E-state index in [9.17, 15) is 43.2 Å². The number of carbonyl (C=O) groups is 1. The number of aliphatic hydroxyl groups is 2. The van der Waals surface area contributed by atoms with E-state index in [4.69, 9.17) is 24.5 Å². The van der Waals surface area contributed by atoms with Crippen LogP contribution in [0.5, 0.6) is 0 Å². The third kappa shape index (κ3) is 7.73. The molecule has 1 saturated heterocycles. The first-order chi connectivity index (χ1) is 14.9. The highest BCUT2D eigenvalue weighted by Crippen LogP contribution is 2.66. The standard InChI is InChI=1S/C11H17N2O17P3/c14-6(15)1-4-2-13(11(19)12-9(4)18)10-8(17)7(16)5(28-10)3-27-32(23,24)30-33(25,26)29-31(20,21)22/h2,5,7-8,10,16-17H,1,3H2,(H,14,15)(H,23,24)(H,25,26)(H,12,18,19)(H2,20,21,22)/t5-,7-,8-,10-/m1/s1. The second kappa shape index (κ2) is 9.97. The fourth-order valence-corrected chi connectivity index (χ4v) is 5.60. The average Bonchev–Trinajstić information content (AvgIpc) is 2.87. The highest BCUT2D eigenvalue weighted by molar-refractivity contribution is 7.66. The summed E-state index contributed by atoms with van der Waals surface area (Å²) in [6, 6.07) is 0. The molecule has 0 bridgehead atoms. The van der Waals surface area contributed by atoms with Crippen molar-refractivity contribution in [1.29, 1.82) is 0 Å². The number of hydrogen-bond acceptors (Lipinski definition) is 12. The highest BCUT2D eigenvalue weighted by atomic mass is 31.3.